The van der Waals surface area contributed by atoms with Gasteiger partial charge in [-0.1, -0.05) is 60.7 Å². The van der Waals surface area contributed by atoms with E-state index in [4.69, 9.17) is 9.73 Å². The summed E-state index contributed by atoms with van der Waals surface area (Å²) in [4.78, 5) is 20.6. The van der Waals surface area contributed by atoms with Gasteiger partial charge < -0.3 is 4.74 Å². The Balaban J connectivity index is 1.72. The van der Waals surface area contributed by atoms with Gasteiger partial charge in [0.15, 0.2) is 5.17 Å². The lowest BCUT2D eigenvalue weighted by atomic mass is 10.1. The number of para-hydroxylation sites is 1. The summed E-state index contributed by atoms with van der Waals surface area (Å²) >= 11 is 1.41. The van der Waals surface area contributed by atoms with Gasteiger partial charge in [-0.3, -0.25) is 9.69 Å². The molecule has 0 aliphatic carbocycles. The van der Waals surface area contributed by atoms with E-state index in [1.807, 2.05) is 97.9 Å². The predicted octanol–water partition coefficient (Wildman–Crippen LogP) is 6.06. The number of rotatable bonds is 5. The molecular formula is C25H22N2O2S. The first kappa shape index (κ1) is 20.0. The van der Waals surface area contributed by atoms with Crippen LogP contribution in [-0.2, 0) is 4.79 Å². The van der Waals surface area contributed by atoms with Crippen LogP contribution in [0.15, 0.2) is 94.8 Å². The van der Waals surface area contributed by atoms with Crippen molar-refractivity contribution >= 4 is 34.6 Å². The first-order valence-corrected chi connectivity index (χ1v) is 10.5. The van der Waals surface area contributed by atoms with E-state index in [2.05, 4.69) is 0 Å². The number of benzene rings is 3. The minimum absolute atomic E-state index is 0.0400. The highest BCUT2D eigenvalue weighted by Gasteiger charge is 2.37. The van der Waals surface area contributed by atoms with Crippen LogP contribution >= 0.6 is 11.8 Å². The number of hydrogen-bond acceptors (Lipinski definition) is 4. The highest BCUT2D eigenvalue weighted by molar-refractivity contribution is 8.18. The van der Waals surface area contributed by atoms with Gasteiger partial charge in [0.05, 0.1) is 23.7 Å². The smallest absolute Gasteiger partial charge is 0.267 e. The fourth-order valence-electron chi connectivity index (χ4n) is 3.25. The van der Waals surface area contributed by atoms with Crippen LogP contribution < -0.4 is 4.74 Å². The molecule has 3 aromatic carbocycles. The Kier molecular flexibility index (Phi) is 6.00. The Morgan fingerprint density at radius 3 is 2.20 bits per heavy atom. The number of ether oxygens (including phenoxy) is 1. The van der Waals surface area contributed by atoms with E-state index in [1.165, 1.54) is 11.8 Å². The molecule has 0 N–H and O–H groups in total. The molecule has 0 saturated carbocycles. The lowest BCUT2D eigenvalue weighted by Gasteiger charge is -2.24. The number of amidine groups is 1. The SMILES string of the molecule is COc1ccc(/C=C2/SC(=Nc3ccccc3)N([C@@H](C)c3ccccc3)C2=O)cc1. The normalized spacial score (nSPS) is 17.5. The summed E-state index contributed by atoms with van der Waals surface area (Å²) in [6, 6.07) is 27.3. The molecular weight excluding hydrogens is 392 g/mol. The van der Waals surface area contributed by atoms with Crippen molar-refractivity contribution in [2.75, 3.05) is 7.11 Å². The molecule has 5 heteroatoms. The fourth-order valence-corrected chi connectivity index (χ4v) is 4.32. The summed E-state index contributed by atoms with van der Waals surface area (Å²) < 4.78 is 5.22. The van der Waals surface area contributed by atoms with Crippen LogP contribution in [0.2, 0.25) is 0 Å². The fraction of sp³-hybridized carbons (Fsp3) is 0.120. The Morgan fingerprint density at radius 2 is 1.57 bits per heavy atom. The van der Waals surface area contributed by atoms with E-state index < -0.39 is 0 Å². The minimum atomic E-state index is -0.129. The van der Waals surface area contributed by atoms with Gasteiger partial charge in [0.25, 0.3) is 5.91 Å². The monoisotopic (exact) mass is 414 g/mol. The Hall–Kier alpha value is -3.31. The summed E-state index contributed by atoms with van der Waals surface area (Å²) in [5, 5.41) is 0.683. The number of thioether (sulfide) groups is 1. The maximum Gasteiger partial charge on any atom is 0.267 e. The predicted molar refractivity (Wildman–Crippen MR) is 124 cm³/mol. The highest BCUT2D eigenvalue weighted by Crippen LogP contribution is 2.39. The van der Waals surface area contributed by atoms with Gasteiger partial charge in [-0.05, 0) is 60.2 Å². The molecule has 0 radical (unpaired) electrons. The summed E-state index contributed by atoms with van der Waals surface area (Å²) in [5.74, 6) is 0.745. The van der Waals surface area contributed by atoms with E-state index in [0.717, 1.165) is 22.6 Å². The molecule has 1 aliphatic heterocycles. The molecule has 1 aliphatic rings. The average Bonchev–Trinajstić information content (AvgIpc) is 3.09. The average molecular weight is 415 g/mol. The number of carbonyl (C=O) groups is 1. The molecule has 0 bridgehead atoms. The molecule has 1 amide bonds. The van der Waals surface area contributed by atoms with Crippen LogP contribution in [0.1, 0.15) is 24.1 Å². The molecule has 30 heavy (non-hydrogen) atoms. The summed E-state index contributed by atoms with van der Waals surface area (Å²) in [5.41, 5.74) is 2.83. The number of amides is 1. The molecule has 3 aromatic rings. The van der Waals surface area contributed by atoms with Crippen LogP contribution in [0.5, 0.6) is 5.75 Å². The lowest BCUT2D eigenvalue weighted by molar-refractivity contribution is -0.123. The Bertz CT molecular complexity index is 1080. The highest BCUT2D eigenvalue weighted by atomic mass is 32.2. The van der Waals surface area contributed by atoms with Crippen molar-refractivity contribution in [1.29, 1.82) is 0 Å². The zero-order chi connectivity index (χ0) is 20.9. The second kappa shape index (κ2) is 9.01. The van der Waals surface area contributed by atoms with Gasteiger partial charge in [0.1, 0.15) is 5.75 Å². The van der Waals surface area contributed by atoms with E-state index in [9.17, 15) is 4.79 Å². The van der Waals surface area contributed by atoms with Crippen molar-refractivity contribution in [3.05, 3.63) is 101 Å². The van der Waals surface area contributed by atoms with Gasteiger partial charge >= 0.3 is 0 Å². The van der Waals surface area contributed by atoms with Crippen LogP contribution in [0.4, 0.5) is 5.69 Å². The van der Waals surface area contributed by atoms with Crippen LogP contribution in [0.25, 0.3) is 6.08 Å². The molecule has 0 spiro atoms. The van der Waals surface area contributed by atoms with E-state index in [0.29, 0.717) is 10.1 Å². The minimum Gasteiger partial charge on any atom is -0.497 e. The van der Waals surface area contributed by atoms with E-state index >= 15 is 0 Å². The van der Waals surface area contributed by atoms with Crippen molar-refractivity contribution < 1.29 is 9.53 Å². The molecule has 4 rings (SSSR count). The summed E-state index contributed by atoms with van der Waals surface area (Å²) in [6.45, 7) is 2.03. The first-order chi connectivity index (χ1) is 14.7. The van der Waals surface area contributed by atoms with E-state index in [-0.39, 0.29) is 11.9 Å². The molecule has 0 unspecified atom stereocenters. The third-order valence-corrected chi connectivity index (χ3v) is 5.88. The number of nitrogens with zero attached hydrogens (tertiary/aromatic N) is 2. The Morgan fingerprint density at radius 1 is 0.933 bits per heavy atom. The standard InChI is InChI=1S/C25H22N2O2S/c1-18(20-9-5-3-6-10-20)27-24(28)23(17-19-13-15-22(29-2)16-14-19)30-25(27)26-21-11-7-4-8-12-21/h3-18H,1-2H3/b23-17+,26-25?/t18-/m0/s1. The van der Waals surface area contributed by atoms with Gasteiger partial charge in [0.2, 0.25) is 0 Å². The Labute approximate surface area is 180 Å². The second-order valence-corrected chi connectivity index (χ2v) is 7.88. The molecule has 1 heterocycles. The third-order valence-electron chi connectivity index (χ3n) is 4.90. The van der Waals surface area contributed by atoms with Crippen molar-refractivity contribution in [2.24, 2.45) is 4.99 Å². The van der Waals surface area contributed by atoms with Gasteiger partial charge in [-0.25, -0.2) is 4.99 Å². The van der Waals surface area contributed by atoms with Crippen molar-refractivity contribution in [1.82, 2.24) is 4.90 Å². The number of carbonyl (C=O) groups excluding carboxylic acids is 1. The van der Waals surface area contributed by atoms with Crippen molar-refractivity contribution in [3.63, 3.8) is 0 Å². The quantitative estimate of drug-likeness (QED) is 0.477. The van der Waals surface area contributed by atoms with Gasteiger partial charge in [-0.2, -0.15) is 0 Å². The largest absolute Gasteiger partial charge is 0.497 e. The second-order valence-electron chi connectivity index (χ2n) is 6.88. The van der Waals surface area contributed by atoms with Gasteiger partial charge in [0, 0.05) is 0 Å². The molecule has 1 fully saturated rings. The maximum atomic E-state index is 13.4. The van der Waals surface area contributed by atoms with Crippen LogP contribution in [0.3, 0.4) is 0 Å². The van der Waals surface area contributed by atoms with Crippen LogP contribution in [-0.4, -0.2) is 23.1 Å². The maximum absolute atomic E-state index is 13.4. The number of methoxy groups -OCH3 is 1. The van der Waals surface area contributed by atoms with Gasteiger partial charge in [-0.15, -0.1) is 0 Å². The topological polar surface area (TPSA) is 41.9 Å². The molecule has 150 valence electrons. The zero-order valence-electron chi connectivity index (χ0n) is 16.9. The molecule has 1 saturated heterocycles. The van der Waals surface area contributed by atoms with Crippen molar-refractivity contribution in [3.8, 4) is 5.75 Å². The number of aliphatic imine (C=N–C) groups is 1. The van der Waals surface area contributed by atoms with Crippen LogP contribution in [0, 0.1) is 0 Å². The third kappa shape index (κ3) is 4.31. The molecule has 0 aromatic heterocycles. The molecule has 1 atom stereocenters. The summed E-state index contributed by atoms with van der Waals surface area (Å²) in [6.07, 6.45) is 1.91. The zero-order valence-corrected chi connectivity index (χ0v) is 17.7. The van der Waals surface area contributed by atoms with Crippen molar-refractivity contribution in [2.45, 2.75) is 13.0 Å². The number of hydrogen-bond donors (Lipinski definition) is 0. The first-order valence-electron chi connectivity index (χ1n) is 9.71. The lowest BCUT2D eigenvalue weighted by Crippen LogP contribution is -2.32. The molecule has 4 nitrogen and oxygen atoms in total. The summed E-state index contributed by atoms with van der Waals surface area (Å²) in [7, 11) is 1.64. The van der Waals surface area contributed by atoms with E-state index in [1.54, 1.807) is 12.0 Å².